The molecular formula is C13H17BrFNO. The number of halogens is 2. The SMILES string of the molecule is CCC(CNC1CC1)Oc1cc(Br)ccc1F. The molecule has 1 atom stereocenters. The molecular weight excluding hydrogens is 285 g/mol. The molecule has 0 heterocycles. The van der Waals surface area contributed by atoms with Gasteiger partial charge in [-0.1, -0.05) is 22.9 Å². The zero-order valence-corrected chi connectivity index (χ0v) is 11.5. The van der Waals surface area contributed by atoms with Gasteiger partial charge in [0, 0.05) is 17.1 Å². The summed E-state index contributed by atoms with van der Waals surface area (Å²) in [5.74, 6) is 0.0156. The second-order valence-corrected chi connectivity index (χ2v) is 5.32. The van der Waals surface area contributed by atoms with Crippen LogP contribution in [0.3, 0.4) is 0 Å². The second-order valence-electron chi connectivity index (χ2n) is 4.41. The molecule has 1 aliphatic carbocycles. The first-order valence-corrected chi connectivity index (χ1v) is 6.83. The van der Waals surface area contributed by atoms with E-state index in [-0.39, 0.29) is 11.9 Å². The third-order valence-electron chi connectivity index (χ3n) is 2.85. The Kier molecular flexibility index (Phi) is 4.40. The Morgan fingerprint density at radius 3 is 2.94 bits per heavy atom. The minimum atomic E-state index is -0.307. The van der Waals surface area contributed by atoms with E-state index in [1.165, 1.54) is 18.9 Å². The Hall–Kier alpha value is -0.610. The summed E-state index contributed by atoms with van der Waals surface area (Å²) in [6, 6.07) is 5.42. The predicted octanol–water partition coefficient (Wildman–Crippen LogP) is 3.50. The minimum Gasteiger partial charge on any atom is -0.486 e. The van der Waals surface area contributed by atoms with E-state index in [1.54, 1.807) is 12.1 Å². The van der Waals surface area contributed by atoms with E-state index < -0.39 is 0 Å². The van der Waals surface area contributed by atoms with Crippen LogP contribution >= 0.6 is 15.9 Å². The maximum absolute atomic E-state index is 13.5. The van der Waals surface area contributed by atoms with Gasteiger partial charge in [-0.25, -0.2) is 4.39 Å². The fourth-order valence-corrected chi connectivity index (χ4v) is 1.94. The number of rotatable bonds is 6. The van der Waals surface area contributed by atoms with Crippen LogP contribution in [0, 0.1) is 5.82 Å². The maximum atomic E-state index is 13.5. The van der Waals surface area contributed by atoms with Crippen molar-refractivity contribution in [3.8, 4) is 5.75 Å². The van der Waals surface area contributed by atoms with Crippen LogP contribution in [0.5, 0.6) is 5.75 Å². The molecule has 94 valence electrons. The molecule has 0 radical (unpaired) electrons. The highest BCUT2D eigenvalue weighted by molar-refractivity contribution is 9.10. The third-order valence-corrected chi connectivity index (χ3v) is 3.35. The van der Waals surface area contributed by atoms with Crippen molar-refractivity contribution in [2.45, 2.75) is 38.3 Å². The molecule has 17 heavy (non-hydrogen) atoms. The van der Waals surface area contributed by atoms with Crippen LogP contribution < -0.4 is 10.1 Å². The third kappa shape index (κ3) is 3.96. The van der Waals surface area contributed by atoms with E-state index >= 15 is 0 Å². The van der Waals surface area contributed by atoms with E-state index in [4.69, 9.17) is 4.74 Å². The Morgan fingerprint density at radius 2 is 2.29 bits per heavy atom. The summed E-state index contributed by atoms with van der Waals surface area (Å²) in [6.45, 7) is 2.84. The summed E-state index contributed by atoms with van der Waals surface area (Å²) in [7, 11) is 0. The smallest absolute Gasteiger partial charge is 0.165 e. The van der Waals surface area contributed by atoms with Crippen LogP contribution in [0.1, 0.15) is 26.2 Å². The zero-order chi connectivity index (χ0) is 12.3. The van der Waals surface area contributed by atoms with Crippen molar-refractivity contribution >= 4 is 15.9 Å². The van der Waals surface area contributed by atoms with Crippen LogP contribution in [0.15, 0.2) is 22.7 Å². The second kappa shape index (κ2) is 5.83. The fourth-order valence-electron chi connectivity index (χ4n) is 1.60. The van der Waals surface area contributed by atoms with Crippen molar-refractivity contribution < 1.29 is 9.13 Å². The number of hydrogen-bond donors (Lipinski definition) is 1. The lowest BCUT2D eigenvalue weighted by atomic mass is 10.2. The molecule has 4 heteroatoms. The van der Waals surface area contributed by atoms with Gasteiger partial charge in [-0.3, -0.25) is 0 Å². The standard InChI is InChI=1S/C13H17BrFNO/c1-2-11(8-16-10-4-5-10)17-13-7-9(14)3-6-12(13)15/h3,6-7,10-11,16H,2,4-5,8H2,1H3. The lowest BCUT2D eigenvalue weighted by Crippen LogP contribution is -2.32. The molecule has 1 aromatic rings. The fraction of sp³-hybridized carbons (Fsp3) is 0.538. The van der Waals surface area contributed by atoms with Gasteiger partial charge < -0.3 is 10.1 Å². The Bertz CT molecular complexity index is 382. The molecule has 2 rings (SSSR count). The van der Waals surface area contributed by atoms with Crippen LogP contribution in [-0.4, -0.2) is 18.7 Å². The average molecular weight is 302 g/mol. The van der Waals surface area contributed by atoms with Gasteiger partial charge >= 0.3 is 0 Å². The molecule has 1 unspecified atom stereocenters. The molecule has 0 aliphatic heterocycles. The zero-order valence-electron chi connectivity index (χ0n) is 9.88. The van der Waals surface area contributed by atoms with Crippen molar-refractivity contribution in [2.24, 2.45) is 0 Å². The average Bonchev–Trinajstić information content (AvgIpc) is 3.12. The van der Waals surface area contributed by atoms with E-state index in [0.717, 1.165) is 17.4 Å². The number of hydrogen-bond acceptors (Lipinski definition) is 2. The van der Waals surface area contributed by atoms with Crippen molar-refractivity contribution in [2.75, 3.05) is 6.54 Å². The van der Waals surface area contributed by atoms with Gasteiger partial charge in [0.1, 0.15) is 6.10 Å². The first-order chi connectivity index (χ1) is 8.19. The summed E-state index contributed by atoms with van der Waals surface area (Å²) in [6.07, 6.45) is 3.40. The largest absolute Gasteiger partial charge is 0.486 e. The Balaban J connectivity index is 1.93. The molecule has 2 nitrogen and oxygen atoms in total. The van der Waals surface area contributed by atoms with E-state index in [2.05, 4.69) is 28.2 Å². The van der Waals surface area contributed by atoms with Crippen LogP contribution in [0.4, 0.5) is 4.39 Å². The number of nitrogens with one attached hydrogen (secondary N) is 1. The van der Waals surface area contributed by atoms with Gasteiger partial charge in [0.05, 0.1) is 0 Å². The van der Waals surface area contributed by atoms with Gasteiger partial charge in [-0.15, -0.1) is 0 Å². The van der Waals surface area contributed by atoms with Crippen molar-refractivity contribution in [1.82, 2.24) is 5.32 Å². The normalized spacial score (nSPS) is 16.9. The highest BCUT2D eigenvalue weighted by Crippen LogP contribution is 2.24. The maximum Gasteiger partial charge on any atom is 0.165 e. The highest BCUT2D eigenvalue weighted by atomic mass is 79.9. The molecule has 1 N–H and O–H groups in total. The molecule has 1 aromatic carbocycles. The monoisotopic (exact) mass is 301 g/mol. The number of benzene rings is 1. The topological polar surface area (TPSA) is 21.3 Å². The first-order valence-electron chi connectivity index (χ1n) is 6.04. The lowest BCUT2D eigenvalue weighted by Gasteiger charge is -2.18. The first kappa shape index (κ1) is 12.8. The molecule has 1 saturated carbocycles. The molecule has 0 spiro atoms. The molecule has 1 fully saturated rings. The molecule has 0 saturated heterocycles. The highest BCUT2D eigenvalue weighted by Gasteiger charge is 2.22. The van der Waals surface area contributed by atoms with E-state index in [1.807, 2.05) is 0 Å². The molecule has 0 amide bonds. The van der Waals surface area contributed by atoms with E-state index in [9.17, 15) is 4.39 Å². The minimum absolute atomic E-state index is 0.0272. The molecule has 0 bridgehead atoms. The summed E-state index contributed by atoms with van der Waals surface area (Å²) in [5, 5.41) is 3.40. The molecule has 0 aromatic heterocycles. The van der Waals surface area contributed by atoms with Crippen molar-refractivity contribution in [3.05, 3.63) is 28.5 Å². The molecule has 1 aliphatic rings. The van der Waals surface area contributed by atoms with Crippen molar-refractivity contribution in [1.29, 1.82) is 0 Å². The van der Waals surface area contributed by atoms with Gasteiger partial charge in [-0.2, -0.15) is 0 Å². The number of ether oxygens (including phenoxy) is 1. The summed E-state index contributed by atoms with van der Waals surface area (Å²) >= 11 is 3.32. The lowest BCUT2D eigenvalue weighted by molar-refractivity contribution is 0.184. The summed E-state index contributed by atoms with van der Waals surface area (Å²) < 4.78 is 20.0. The quantitative estimate of drug-likeness (QED) is 0.868. The van der Waals surface area contributed by atoms with Crippen LogP contribution in [0.2, 0.25) is 0 Å². The Labute approximate surface area is 110 Å². The van der Waals surface area contributed by atoms with E-state index in [0.29, 0.717) is 11.8 Å². The summed E-state index contributed by atoms with van der Waals surface area (Å²) in [4.78, 5) is 0. The van der Waals surface area contributed by atoms with Gasteiger partial charge in [-0.05, 0) is 37.5 Å². The Morgan fingerprint density at radius 1 is 1.53 bits per heavy atom. The van der Waals surface area contributed by atoms with Crippen molar-refractivity contribution in [3.63, 3.8) is 0 Å². The predicted molar refractivity (Wildman–Crippen MR) is 69.8 cm³/mol. The van der Waals surface area contributed by atoms with Gasteiger partial charge in [0.15, 0.2) is 11.6 Å². The van der Waals surface area contributed by atoms with Crippen LogP contribution in [-0.2, 0) is 0 Å². The van der Waals surface area contributed by atoms with Gasteiger partial charge in [0.2, 0.25) is 0 Å². The summed E-state index contributed by atoms with van der Waals surface area (Å²) in [5.41, 5.74) is 0. The van der Waals surface area contributed by atoms with Gasteiger partial charge in [0.25, 0.3) is 0 Å². The van der Waals surface area contributed by atoms with Crippen LogP contribution in [0.25, 0.3) is 0 Å².